The van der Waals surface area contributed by atoms with Gasteiger partial charge in [0.25, 0.3) is 5.91 Å². The number of halogens is 1. The Morgan fingerprint density at radius 2 is 2.28 bits per heavy atom. The highest BCUT2D eigenvalue weighted by atomic mass is 19.1. The molecule has 0 saturated heterocycles. The van der Waals surface area contributed by atoms with Gasteiger partial charge in [-0.25, -0.2) is 4.39 Å². The summed E-state index contributed by atoms with van der Waals surface area (Å²) in [6.45, 7) is 3.59. The second kappa shape index (κ2) is 4.10. The summed E-state index contributed by atoms with van der Waals surface area (Å²) in [5.74, 6) is -0.862. The molecule has 0 saturated carbocycles. The van der Waals surface area contributed by atoms with Crippen LogP contribution in [0.1, 0.15) is 12.0 Å². The van der Waals surface area contributed by atoms with E-state index < -0.39 is 17.3 Å². The summed E-state index contributed by atoms with van der Waals surface area (Å²) in [6.07, 6.45) is -0.0941. The van der Waals surface area contributed by atoms with Crippen molar-refractivity contribution in [3.63, 3.8) is 0 Å². The minimum Gasteiger partial charge on any atom is -0.502 e. The predicted molar refractivity (Wildman–Crippen MR) is 64.5 cm³/mol. The number of para-hydroxylation sites is 1. The Morgan fingerprint density at radius 1 is 1.61 bits per heavy atom. The molecule has 1 aromatic rings. The van der Waals surface area contributed by atoms with Crippen LogP contribution in [-0.4, -0.2) is 25.2 Å². The first-order chi connectivity index (χ1) is 8.41. The van der Waals surface area contributed by atoms with E-state index in [0.717, 1.165) is 4.90 Å². The zero-order chi connectivity index (χ0) is 13.5. The molecule has 18 heavy (non-hydrogen) atoms. The number of anilines is 1. The molecule has 0 spiro atoms. The Kier molecular flexibility index (Phi) is 2.86. The van der Waals surface area contributed by atoms with E-state index in [1.165, 1.54) is 32.4 Å². The highest BCUT2D eigenvalue weighted by molar-refractivity contribution is 6.06. The first-order valence-corrected chi connectivity index (χ1v) is 5.43. The molecular formula is C13H14FNO3. The van der Waals surface area contributed by atoms with Gasteiger partial charge in [0.2, 0.25) is 0 Å². The fourth-order valence-electron chi connectivity index (χ4n) is 2.21. The molecule has 2 rings (SSSR count). The van der Waals surface area contributed by atoms with Crippen molar-refractivity contribution >= 4 is 11.6 Å². The van der Waals surface area contributed by atoms with Crippen molar-refractivity contribution in [1.29, 1.82) is 0 Å². The number of likely N-dealkylation sites (N-methyl/N-ethyl adjacent to an activating group) is 1. The van der Waals surface area contributed by atoms with E-state index in [0.29, 0.717) is 0 Å². The lowest BCUT2D eigenvalue weighted by atomic mass is 9.91. The third-order valence-electron chi connectivity index (χ3n) is 3.17. The summed E-state index contributed by atoms with van der Waals surface area (Å²) in [5.41, 5.74) is -1.46. The highest BCUT2D eigenvalue weighted by Gasteiger charge is 2.50. The van der Waals surface area contributed by atoms with Gasteiger partial charge in [0.1, 0.15) is 5.82 Å². The van der Waals surface area contributed by atoms with Crippen LogP contribution >= 0.6 is 0 Å². The van der Waals surface area contributed by atoms with Crippen molar-refractivity contribution in [1.82, 2.24) is 0 Å². The maximum absolute atomic E-state index is 13.7. The average molecular weight is 251 g/mol. The fourth-order valence-corrected chi connectivity index (χ4v) is 2.21. The zero-order valence-corrected chi connectivity index (χ0v) is 10.2. The van der Waals surface area contributed by atoms with E-state index in [-0.39, 0.29) is 23.4 Å². The predicted octanol–water partition coefficient (Wildman–Crippen LogP) is 1.54. The van der Waals surface area contributed by atoms with Gasteiger partial charge in [-0.2, -0.15) is 0 Å². The number of rotatable bonds is 3. The summed E-state index contributed by atoms with van der Waals surface area (Å²) in [4.78, 5) is 13.2. The molecule has 1 aliphatic rings. The van der Waals surface area contributed by atoms with Crippen molar-refractivity contribution in [2.45, 2.75) is 12.0 Å². The number of amides is 1. The van der Waals surface area contributed by atoms with Gasteiger partial charge in [-0.1, -0.05) is 18.7 Å². The SMILES string of the molecule is C=C(C[C@]1(O)C(=O)N(C)c2c(F)cccc21)OC. The molecule has 1 heterocycles. The molecule has 0 radical (unpaired) electrons. The number of hydrogen-bond acceptors (Lipinski definition) is 3. The molecule has 4 nitrogen and oxygen atoms in total. The Morgan fingerprint density at radius 3 is 2.89 bits per heavy atom. The van der Waals surface area contributed by atoms with E-state index in [2.05, 4.69) is 6.58 Å². The standard InChI is InChI=1S/C13H14FNO3/c1-8(18-3)7-13(17)9-5-4-6-10(14)11(9)15(2)12(13)16/h4-6,17H,1,7H2,2-3H3/t13-/m1/s1. The van der Waals surface area contributed by atoms with Crippen LogP contribution in [0, 0.1) is 5.82 Å². The average Bonchev–Trinajstić information content (AvgIpc) is 2.53. The van der Waals surface area contributed by atoms with E-state index in [4.69, 9.17) is 4.74 Å². The number of hydrogen-bond donors (Lipinski definition) is 1. The van der Waals surface area contributed by atoms with Gasteiger partial charge in [-0.15, -0.1) is 0 Å². The number of benzene rings is 1. The van der Waals surface area contributed by atoms with Crippen molar-refractivity contribution in [2.24, 2.45) is 0 Å². The van der Waals surface area contributed by atoms with Gasteiger partial charge in [0.15, 0.2) is 5.60 Å². The molecule has 96 valence electrons. The van der Waals surface area contributed by atoms with Crippen LogP contribution in [0.3, 0.4) is 0 Å². The van der Waals surface area contributed by atoms with Gasteiger partial charge in [-0.3, -0.25) is 4.79 Å². The smallest absolute Gasteiger partial charge is 0.263 e. The lowest BCUT2D eigenvalue weighted by Crippen LogP contribution is -2.38. The third kappa shape index (κ3) is 1.59. The van der Waals surface area contributed by atoms with Crippen molar-refractivity contribution in [2.75, 3.05) is 19.1 Å². The van der Waals surface area contributed by atoms with Gasteiger partial charge in [-0.05, 0) is 6.07 Å². The highest BCUT2D eigenvalue weighted by Crippen LogP contribution is 2.44. The van der Waals surface area contributed by atoms with E-state index in [9.17, 15) is 14.3 Å². The second-order valence-corrected chi connectivity index (χ2v) is 4.28. The number of methoxy groups -OCH3 is 1. The summed E-state index contributed by atoms with van der Waals surface area (Å²) in [6, 6.07) is 4.24. The van der Waals surface area contributed by atoms with Crippen LogP contribution < -0.4 is 4.90 Å². The van der Waals surface area contributed by atoms with Crippen LogP contribution in [0.4, 0.5) is 10.1 Å². The topological polar surface area (TPSA) is 49.8 Å². The largest absolute Gasteiger partial charge is 0.502 e. The number of fused-ring (bicyclic) bond motifs is 1. The summed E-state index contributed by atoms with van der Waals surface area (Å²) >= 11 is 0. The fraction of sp³-hybridized carbons (Fsp3) is 0.308. The van der Waals surface area contributed by atoms with E-state index in [1.54, 1.807) is 0 Å². The quantitative estimate of drug-likeness (QED) is 0.829. The van der Waals surface area contributed by atoms with Crippen LogP contribution in [0.2, 0.25) is 0 Å². The Bertz CT molecular complexity index is 529. The molecule has 0 fully saturated rings. The molecule has 1 aromatic carbocycles. The van der Waals surface area contributed by atoms with Gasteiger partial charge >= 0.3 is 0 Å². The van der Waals surface area contributed by atoms with Gasteiger partial charge < -0.3 is 14.7 Å². The van der Waals surface area contributed by atoms with E-state index >= 15 is 0 Å². The Balaban J connectivity index is 2.55. The minimum absolute atomic E-state index is 0.0941. The Hall–Kier alpha value is -1.88. The number of nitrogens with zero attached hydrogens (tertiary/aromatic N) is 1. The first-order valence-electron chi connectivity index (χ1n) is 5.43. The monoisotopic (exact) mass is 251 g/mol. The van der Waals surface area contributed by atoms with Gasteiger partial charge in [0.05, 0.1) is 18.6 Å². The van der Waals surface area contributed by atoms with Crippen molar-refractivity contribution < 1.29 is 19.0 Å². The van der Waals surface area contributed by atoms with Crippen LogP contribution in [0.15, 0.2) is 30.5 Å². The number of aliphatic hydroxyl groups is 1. The third-order valence-corrected chi connectivity index (χ3v) is 3.17. The number of ether oxygens (including phenoxy) is 1. The molecular weight excluding hydrogens is 237 g/mol. The molecule has 0 aliphatic carbocycles. The minimum atomic E-state index is -1.81. The maximum atomic E-state index is 13.7. The number of carbonyl (C=O) groups excluding carboxylic acids is 1. The summed E-state index contributed by atoms with van der Waals surface area (Å²) < 4.78 is 18.6. The van der Waals surface area contributed by atoms with Crippen molar-refractivity contribution in [3.05, 3.63) is 41.9 Å². The molecule has 1 amide bonds. The molecule has 1 atom stereocenters. The van der Waals surface area contributed by atoms with Crippen LogP contribution in [0.5, 0.6) is 0 Å². The molecule has 0 bridgehead atoms. The maximum Gasteiger partial charge on any atom is 0.263 e. The summed E-state index contributed by atoms with van der Waals surface area (Å²) in [7, 11) is 2.83. The molecule has 5 heteroatoms. The Labute approximate surface area is 104 Å². The molecule has 1 aliphatic heterocycles. The lowest BCUT2D eigenvalue weighted by molar-refractivity contribution is -0.136. The summed E-state index contributed by atoms with van der Waals surface area (Å²) in [5, 5.41) is 10.5. The normalized spacial score (nSPS) is 22.0. The van der Waals surface area contributed by atoms with E-state index in [1.807, 2.05) is 0 Å². The molecule has 1 N–H and O–H groups in total. The van der Waals surface area contributed by atoms with Gasteiger partial charge in [0, 0.05) is 19.0 Å². The molecule has 0 unspecified atom stereocenters. The lowest BCUT2D eigenvalue weighted by Gasteiger charge is -2.22. The van der Waals surface area contributed by atoms with Crippen molar-refractivity contribution in [3.8, 4) is 0 Å². The van der Waals surface area contributed by atoms with Crippen LogP contribution in [0.25, 0.3) is 0 Å². The zero-order valence-electron chi connectivity index (χ0n) is 10.2. The second-order valence-electron chi connectivity index (χ2n) is 4.28. The van der Waals surface area contributed by atoms with Crippen LogP contribution in [-0.2, 0) is 15.1 Å². The first kappa shape index (κ1) is 12.6. The molecule has 0 aromatic heterocycles. The number of carbonyl (C=O) groups is 1.